The van der Waals surface area contributed by atoms with Crippen molar-refractivity contribution in [3.63, 3.8) is 0 Å². The molecule has 3 aromatic rings. The predicted octanol–water partition coefficient (Wildman–Crippen LogP) is 2.86. The number of piperazine rings is 1. The fourth-order valence-electron chi connectivity index (χ4n) is 3.06. The molecular weight excluding hydrogens is 378 g/mol. The van der Waals surface area contributed by atoms with Gasteiger partial charge < -0.3 is 15.1 Å². The fraction of sp³-hybridized carbons (Fsp3) is 0.200. The summed E-state index contributed by atoms with van der Waals surface area (Å²) in [6.45, 7) is 2.39. The van der Waals surface area contributed by atoms with Gasteiger partial charge >= 0.3 is 0 Å². The lowest BCUT2D eigenvalue weighted by atomic mass is 10.2. The molecule has 0 aliphatic carbocycles. The van der Waals surface area contributed by atoms with Crippen LogP contribution in [0, 0.1) is 11.6 Å². The van der Waals surface area contributed by atoms with Gasteiger partial charge in [0, 0.05) is 50.3 Å². The van der Waals surface area contributed by atoms with Crippen molar-refractivity contribution in [2.75, 3.05) is 36.4 Å². The van der Waals surface area contributed by atoms with Crippen LogP contribution in [0.5, 0.6) is 0 Å². The first-order chi connectivity index (χ1) is 14.1. The Bertz CT molecular complexity index is 992. The fourth-order valence-corrected chi connectivity index (χ4v) is 3.06. The second-order valence-corrected chi connectivity index (χ2v) is 6.51. The highest BCUT2D eigenvalue weighted by Crippen LogP contribution is 2.19. The van der Waals surface area contributed by atoms with Crippen LogP contribution in [0.15, 0.2) is 55.0 Å². The topological polar surface area (TPSA) is 74.2 Å². The molecule has 3 heterocycles. The number of hydrogen-bond donors (Lipinski definition) is 1. The molecule has 1 aromatic carbocycles. The van der Waals surface area contributed by atoms with Gasteiger partial charge in [-0.1, -0.05) is 0 Å². The Balaban J connectivity index is 1.36. The highest BCUT2D eigenvalue weighted by atomic mass is 19.2. The van der Waals surface area contributed by atoms with Crippen molar-refractivity contribution in [1.29, 1.82) is 0 Å². The van der Waals surface area contributed by atoms with E-state index in [0.717, 1.165) is 12.1 Å². The number of carbonyl (C=O) groups excluding carboxylic acids is 1. The molecule has 0 bridgehead atoms. The second-order valence-electron chi connectivity index (χ2n) is 6.51. The van der Waals surface area contributed by atoms with E-state index < -0.39 is 11.6 Å². The van der Waals surface area contributed by atoms with E-state index >= 15 is 0 Å². The molecule has 2 aromatic heterocycles. The van der Waals surface area contributed by atoms with Crippen LogP contribution in [0.25, 0.3) is 0 Å². The number of anilines is 3. The smallest absolute Gasteiger partial charge is 0.272 e. The van der Waals surface area contributed by atoms with Gasteiger partial charge in [0.25, 0.3) is 5.91 Å². The number of carbonyl (C=O) groups is 1. The third-order valence-corrected chi connectivity index (χ3v) is 4.59. The first-order valence-corrected chi connectivity index (χ1v) is 9.09. The van der Waals surface area contributed by atoms with Crippen LogP contribution in [0.1, 0.15) is 10.5 Å². The predicted molar refractivity (Wildman–Crippen MR) is 104 cm³/mol. The minimum absolute atomic E-state index is 0.155. The normalized spacial score (nSPS) is 14.0. The minimum atomic E-state index is -0.935. The molecule has 148 valence electrons. The van der Waals surface area contributed by atoms with Gasteiger partial charge in [0.2, 0.25) is 5.95 Å². The monoisotopic (exact) mass is 396 g/mol. The maximum absolute atomic E-state index is 13.3. The number of rotatable bonds is 4. The highest BCUT2D eigenvalue weighted by molar-refractivity contribution is 5.92. The molecule has 0 spiro atoms. The Labute approximate surface area is 166 Å². The van der Waals surface area contributed by atoms with Gasteiger partial charge in [-0.3, -0.25) is 4.79 Å². The number of pyridine rings is 1. The molecule has 1 amide bonds. The summed E-state index contributed by atoms with van der Waals surface area (Å²) in [6.07, 6.45) is 4.88. The molecule has 1 N–H and O–H groups in total. The van der Waals surface area contributed by atoms with Crippen molar-refractivity contribution in [3.8, 4) is 0 Å². The Hall–Kier alpha value is -3.62. The van der Waals surface area contributed by atoms with Crippen LogP contribution >= 0.6 is 0 Å². The molecule has 29 heavy (non-hydrogen) atoms. The molecule has 0 saturated carbocycles. The number of nitrogens with zero attached hydrogens (tertiary/aromatic N) is 5. The van der Waals surface area contributed by atoms with Gasteiger partial charge in [0.05, 0.1) is 11.9 Å². The number of aromatic nitrogens is 3. The van der Waals surface area contributed by atoms with E-state index in [1.165, 1.54) is 12.3 Å². The van der Waals surface area contributed by atoms with E-state index in [2.05, 4.69) is 20.3 Å². The van der Waals surface area contributed by atoms with Gasteiger partial charge in [0.15, 0.2) is 11.6 Å². The molecular formula is C20H18F2N6O. The van der Waals surface area contributed by atoms with E-state index in [4.69, 9.17) is 0 Å². The molecule has 1 aliphatic rings. The molecule has 1 aliphatic heterocycles. The summed E-state index contributed by atoms with van der Waals surface area (Å²) in [5, 5.41) is 2.93. The van der Waals surface area contributed by atoms with Crippen molar-refractivity contribution >= 4 is 23.2 Å². The molecule has 0 unspecified atom stereocenters. The average molecular weight is 396 g/mol. The van der Waals surface area contributed by atoms with E-state index in [1.807, 2.05) is 4.90 Å². The van der Waals surface area contributed by atoms with Crippen molar-refractivity contribution in [2.24, 2.45) is 0 Å². The Morgan fingerprint density at radius 3 is 2.28 bits per heavy atom. The number of halogens is 2. The van der Waals surface area contributed by atoms with Crippen LogP contribution < -0.4 is 10.2 Å². The van der Waals surface area contributed by atoms with Crippen molar-refractivity contribution in [1.82, 2.24) is 19.9 Å². The summed E-state index contributed by atoms with van der Waals surface area (Å²) in [5.41, 5.74) is 1.29. The number of benzene rings is 1. The lowest BCUT2D eigenvalue weighted by Gasteiger charge is -2.34. The lowest BCUT2D eigenvalue weighted by Crippen LogP contribution is -2.49. The maximum atomic E-state index is 13.3. The standard InChI is InChI=1S/C20H18F2N6O/c21-16-4-2-14(12-17(16)22)26-15-3-5-18(25-13-15)19(29)27-8-10-28(11-9-27)20-23-6-1-7-24-20/h1-7,12-13,26H,8-11H2. The van der Waals surface area contributed by atoms with Gasteiger partial charge in [0.1, 0.15) is 5.69 Å². The summed E-state index contributed by atoms with van der Waals surface area (Å²) < 4.78 is 26.3. The summed E-state index contributed by atoms with van der Waals surface area (Å²) in [7, 11) is 0. The van der Waals surface area contributed by atoms with Crippen LogP contribution in [0.3, 0.4) is 0 Å². The number of nitrogens with one attached hydrogen (secondary N) is 1. The average Bonchev–Trinajstić information content (AvgIpc) is 2.77. The van der Waals surface area contributed by atoms with Crippen LogP contribution in [0.2, 0.25) is 0 Å². The molecule has 1 fully saturated rings. The Morgan fingerprint density at radius 1 is 0.897 bits per heavy atom. The molecule has 4 rings (SSSR count). The van der Waals surface area contributed by atoms with Crippen LogP contribution in [0.4, 0.5) is 26.1 Å². The third-order valence-electron chi connectivity index (χ3n) is 4.59. The summed E-state index contributed by atoms with van der Waals surface area (Å²) in [5.74, 6) is -1.34. The number of amides is 1. The van der Waals surface area contributed by atoms with Gasteiger partial charge in [-0.05, 0) is 30.3 Å². The molecule has 7 nitrogen and oxygen atoms in total. The minimum Gasteiger partial charge on any atom is -0.354 e. The third kappa shape index (κ3) is 4.29. The van der Waals surface area contributed by atoms with E-state index in [0.29, 0.717) is 49.2 Å². The van der Waals surface area contributed by atoms with Crippen LogP contribution in [-0.2, 0) is 0 Å². The van der Waals surface area contributed by atoms with E-state index in [-0.39, 0.29) is 5.91 Å². The van der Waals surface area contributed by atoms with Gasteiger partial charge in [-0.25, -0.2) is 23.7 Å². The Morgan fingerprint density at radius 2 is 1.62 bits per heavy atom. The Kier molecular flexibility index (Phi) is 5.28. The van der Waals surface area contributed by atoms with E-state index in [9.17, 15) is 13.6 Å². The molecule has 0 atom stereocenters. The zero-order chi connectivity index (χ0) is 20.2. The summed E-state index contributed by atoms with van der Waals surface area (Å²) >= 11 is 0. The number of hydrogen-bond acceptors (Lipinski definition) is 6. The zero-order valence-electron chi connectivity index (χ0n) is 15.4. The van der Waals surface area contributed by atoms with Crippen LogP contribution in [-0.4, -0.2) is 51.9 Å². The second kappa shape index (κ2) is 8.17. The van der Waals surface area contributed by atoms with Gasteiger partial charge in [-0.15, -0.1) is 0 Å². The van der Waals surface area contributed by atoms with Crippen molar-refractivity contribution in [3.05, 3.63) is 72.3 Å². The summed E-state index contributed by atoms with van der Waals surface area (Å²) in [4.78, 5) is 29.1. The molecule has 9 heteroatoms. The first-order valence-electron chi connectivity index (χ1n) is 9.09. The summed E-state index contributed by atoms with van der Waals surface area (Å²) in [6, 6.07) is 8.58. The molecule has 1 saturated heterocycles. The highest BCUT2D eigenvalue weighted by Gasteiger charge is 2.24. The molecule has 0 radical (unpaired) electrons. The first kappa shape index (κ1) is 18.7. The SMILES string of the molecule is O=C(c1ccc(Nc2ccc(F)c(F)c2)cn1)N1CCN(c2ncccn2)CC1. The maximum Gasteiger partial charge on any atom is 0.272 e. The lowest BCUT2D eigenvalue weighted by molar-refractivity contribution is 0.0740. The van der Waals surface area contributed by atoms with Gasteiger partial charge in [-0.2, -0.15) is 0 Å². The van der Waals surface area contributed by atoms with Crippen molar-refractivity contribution in [2.45, 2.75) is 0 Å². The van der Waals surface area contributed by atoms with Crippen molar-refractivity contribution < 1.29 is 13.6 Å². The quantitative estimate of drug-likeness (QED) is 0.731. The zero-order valence-corrected chi connectivity index (χ0v) is 15.4. The van der Waals surface area contributed by atoms with E-state index in [1.54, 1.807) is 35.5 Å². The largest absolute Gasteiger partial charge is 0.354 e.